The predicted molar refractivity (Wildman–Crippen MR) is 233 cm³/mol. The van der Waals surface area contributed by atoms with Gasteiger partial charge in [0.2, 0.25) is 0 Å². The van der Waals surface area contributed by atoms with Gasteiger partial charge >= 0.3 is 5.97 Å². The molecule has 4 heteroatoms. The molecule has 0 spiro atoms. The number of ether oxygens (including phenoxy) is 2. The van der Waals surface area contributed by atoms with Crippen molar-refractivity contribution in [3.63, 3.8) is 0 Å². The van der Waals surface area contributed by atoms with E-state index in [1.807, 2.05) is 0 Å². The Morgan fingerprint density at radius 2 is 0.623 bits per heavy atom. The Labute approximate surface area is 333 Å². The number of esters is 1. The van der Waals surface area contributed by atoms with Gasteiger partial charge in [-0.1, -0.05) is 264 Å². The molecule has 0 saturated heterocycles. The number of hydrogen-bond acceptors (Lipinski definition) is 4. The van der Waals surface area contributed by atoms with Crippen LogP contribution in [0.5, 0.6) is 0 Å². The van der Waals surface area contributed by atoms with E-state index in [4.69, 9.17) is 9.47 Å². The molecule has 0 bridgehead atoms. The molecule has 0 amide bonds. The number of carbonyl (C=O) groups is 1. The molecule has 318 valence electrons. The second-order valence-electron chi connectivity index (χ2n) is 16.9. The number of unbranched alkanes of at least 4 members (excludes halogenated alkanes) is 39. The van der Waals surface area contributed by atoms with Crippen LogP contribution >= 0.6 is 0 Å². The number of aliphatic hydroxyl groups excluding tert-OH is 1. The van der Waals surface area contributed by atoms with Crippen molar-refractivity contribution in [1.29, 1.82) is 0 Å². The molecule has 0 radical (unpaired) electrons. The number of hydrogen-bond donors (Lipinski definition) is 1. The maximum atomic E-state index is 12.2. The maximum absolute atomic E-state index is 12.2. The van der Waals surface area contributed by atoms with Crippen molar-refractivity contribution in [3.05, 3.63) is 0 Å². The van der Waals surface area contributed by atoms with Gasteiger partial charge in [0, 0.05) is 13.0 Å². The second-order valence-corrected chi connectivity index (χ2v) is 16.9. The van der Waals surface area contributed by atoms with Gasteiger partial charge in [0.1, 0.15) is 6.10 Å². The van der Waals surface area contributed by atoms with Crippen LogP contribution in [0.4, 0.5) is 0 Å². The number of aliphatic hydroxyl groups is 1. The Bertz CT molecular complexity index is 667. The average molecular weight is 751 g/mol. The van der Waals surface area contributed by atoms with Crippen LogP contribution in [0.3, 0.4) is 0 Å². The van der Waals surface area contributed by atoms with E-state index in [0.29, 0.717) is 19.6 Å². The van der Waals surface area contributed by atoms with E-state index < -0.39 is 6.10 Å². The number of rotatable bonds is 47. The highest BCUT2D eigenvalue weighted by atomic mass is 16.6. The van der Waals surface area contributed by atoms with Crippen molar-refractivity contribution < 1.29 is 19.4 Å². The molecule has 0 fully saturated rings. The molecule has 0 aliphatic heterocycles. The first-order valence-corrected chi connectivity index (χ1v) is 24.6. The summed E-state index contributed by atoms with van der Waals surface area (Å²) < 4.78 is 11.2. The van der Waals surface area contributed by atoms with Crippen LogP contribution in [0, 0.1) is 0 Å². The molecule has 1 N–H and O–H groups in total. The first-order chi connectivity index (χ1) is 26.2. The number of carbonyl (C=O) groups excluding carboxylic acids is 1. The van der Waals surface area contributed by atoms with Crippen molar-refractivity contribution in [1.82, 2.24) is 0 Å². The zero-order valence-corrected chi connectivity index (χ0v) is 36.6. The molecule has 0 saturated carbocycles. The van der Waals surface area contributed by atoms with Gasteiger partial charge in [-0.05, 0) is 12.8 Å². The van der Waals surface area contributed by atoms with Gasteiger partial charge in [-0.25, -0.2) is 0 Å². The monoisotopic (exact) mass is 751 g/mol. The van der Waals surface area contributed by atoms with Gasteiger partial charge < -0.3 is 14.6 Å². The van der Waals surface area contributed by atoms with Gasteiger partial charge in [-0.3, -0.25) is 4.79 Å². The molecular weight excluding hydrogens is 653 g/mol. The lowest BCUT2D eigenvalue weighted by Gasteiger charge is -2.16. The lowest BCUT2D eigenvalue weighted by Crippen LogP contribution is -2.27. The lowest BCUT2D eigenvalue weighted by atomic mass is 10.0. The highest BCUT2D eigenvalue weighted by Gasteiger charge is 2.13. The van der Waals surface area contributed by atoms with Crippen molar-refractivity contribution in [2.45, 2.75) is 290 Å². The Hall–Kier alpha value is -0.610. The summed E-state index contributed by atoms with van der Waals surface area (Å²) in [5.74, 6) is -0.190. The SMILES string of the molecule is CCCCCCCCCCCCCCCCCCCCCCCCCC(=O)OC(CO)COCCCCCCCCCCCCCCCCCCCC. The first-order valence-electron chi connectivity index (χ1n) is 24.6. The standard InChI is InChI=1S/C49H98O4/c1-3-5-7-9-11-13-15-17-19-21-23-24-25-26-27-28-30-32-34-36-38-40-42-44-49(51)53-48(46-50)47-52-45-43-41-39-37-35-33-31-29-22-20-18-16-14-12-10-8-6-4-2/h48,50H,3-47H2,1-2H3. The van der Waals surface area contributed by atoms with Crippen LogP contribution in [-0.2, 0) is 14.3 Å². The lowest BCUT2D eigenvalue weighted by molar-refractivity contribution is -0.154. The Morgan fingerprint density at radius 1 is 0.377 bits per heavy atom. The van der Waals surface area contributed by atoms with Crippen LogP contribution in [-0.4, -0.2) is 37.0 Å². The third-order valence-electron chi connectivity index (χ3n) is 11.4. The molecule has 1 atom stereocenters. The summed E-state index contributed by atoms with van der Waals surface area (Å²) in [5.41, 5.74) is 0. The molecule has 0 aliphatic rings. The van der Waals surface area contributed by atoms with E-state index >= 15 is 0 Å². The van der Waals surface area contributed by atoms with Crippen molar-refractivity contribution in [3.8, 4) is 0 Å². The third kappa shape index (κ3) is 45.7. The molecule has 53 heavy (non-hydrogen) atoms. The van der Waals surface area contributed by atoms with Gasteiger partial charge in [0.25, 0.3) is 0 Å². The van der Waals surface area contributed by atoms with Crippen molar-refractivity contribution in [2.24, 2.45) is 0 Å². The molecule has 0 aromatic heterocycles. The fourth-order valence-electron chi connectivity index (χ4n) is 7.74. The molecule has 0 aromatic rings. The smallest absolute Gasteiger partial charge is 0.306 e. The van der Waals surface area contributed by atoms with Gasteiger partial charge in [-0.15, -0.1) is 0 Å². The summed E-state index contributed by atoms with van der Waals surface area (Å²) in [6.45, 7) is 5.42. The van der Waals surface area contributed by atoms with Crippen LogP contribution in [0.25, 0.3) is 0 Å². The summed E-state index contributed by atoms with van der Waals surface area (Å²) >= 11 is 0. The molecule has 0 aromatic carbocycles. The van der Waals surface area contributed by atoms with E-state index in [2.05, 4.69) is 13.8 Å². The Balaban J connectivity index is 3.33. The van der Waals surface area contributed by atoms with Gasteiger partial charge in [0.05, 0.1) is 13.2 Å². The summed E-state index contributed by atoms with van der Waals surface area (Å²) in [5, 5.41) is 9.63. The van der Waals surface area contributed by atoms with Crippen LogP contribution in [0.1, 0.15) is 284 Å². The summed E-state index contributed by atoms with van der Waals surface area (Å²) in [7, 11) is 0. The molecule has 4 nitrogen and oxygen atoms in total. The molecular formula is C49H98O4. The normalized spacial score (nSPS) is 12.1. The molecule has 0 rings (SSSR count). The Kier molecular flexibility index (Phi) is 47.0. The fourth-order valence-corrected chi connectivity index (χ4v) is 7.74. The van der Waals surface area contributed by atoms with E-state index in [1.165, 1.54) is 244 Å². The highest BCUT2D eigenvalue weighted by molar-refractivity contribution is 5.69. The quantitative estimate of drug-likeness (QED) is 0.0497. The van der Waals surface area contributed by atoms with E-state index in [1.54, 1.807) is 0 Å². The Morgan fingerprint density at radius 3 is 0.887 bits per heavy atom. The minimum Gasteiger partial charge on any atom is -0.457 e. The third-order valence-corrected chi connectivity index (χ3v) is 11.4. The van der Waals surface area contributed by atoms with Gasteiger partial charge in [-0.2, -0.15) is 0 Å². The summed E-state index contributed by atoms with van der Waals surface area (Å²) in [4.78, 5) is 12.2. The zero-order valence-electron chi connectivity index (χ0n) is 36.6. The van der Waals surface area contributed by atoms with Crippen LogP contribution in [0.2, 0.25) is 0 Å². The molecule has 1 unspecified atom stereocenters. The first kappa shape index (κ1) is 52.4. The summed E-state index contributed by atoms with van der Waals surface area (Å²) in [6.07, 6.45) is 56.2. The largest absolute Gasteiger partial charge is 0.457 e. The van der Waals surface area contributed by atoms with Crippen LogP contribution < -0.4 is 0 Å². The van der Waals surface area contributed by atoms with Crippen LogP contribution in [0.15, 0.2) is 0 Å². The van der Waals surface area contributed by atoms with E-state index in [-0.39, 0.29) is 12.6 Å². The fraction of sp³-hybridized carbons (Fsp3) is 0.980. The molecule has 0 aliphatic carbocycles. The zero-order chi connectivity index (χ0) is 38.4. The van der Waals surface area contributed by atoms with Crippen molar-refractivity contribution >= 4 is 5.97 Å². The second kappa shape index (κ2) is 47.5. The molecule has 0 heterocycles. The highest BCUT2D eigenvalue weighted by Crippen LogP contribution is 2.17. The van der Waals surface area contributed by atoms with E-state index in [0.717, 1.165) is 19.3 Å². The van der Waals surface area contributed by atoms with E-state index in [9.17, 15) is 9.90 Å². The minimum atomic E-state index is -0.525. The maximum Gasteiger partial charge on any atom is 0.306 e. The predicted octanol–water partition coefficient (Wildman–Crippen LogP) is 16.3. The van der Waals surface area contributed by atoms with Gasteiger partial charge in [0.15, 0.2) is 0 Å². The average Bonchev–Trinajstić information content (AvgIpc) is 3.16. The topological polar surface area (TPSA) is 55.8 Å². The van der Waals surface area contributed by atoms with Crippen molar-refractivity contribution in [2.75, 3.05) is 19.8 Å². The minimum absolute atomic E-state index is 0.162. The summed E-state index contributed by atoms with van der Waals surface area (Å²) in [6, 6.07) is 0.